The molecule has 1 rings (SSSR count). The molecule has 1 aromatic carbocycles. The van der Waals surface area contributed by atoms with Gasteiger partial charge in [0.05, 0.1) is 13.7 Å². The van der Waals surface area contributed by atoms with Gasteiger partial charge in [0.15, 0.2) is 0 Å². The van der Waals surface area contributed by atoms with Gasteiger partial charge in [-0.25, -0.2) is 4.39 Å². The SMILES string of the molecule is C#CCN(CCCC(=O)OC)Cc1ccc(F)cc1. The molecule has 1 aromatic rings. The first-order chi connectivity index (χ1) is 9.15. The third-order valence-corrected chi connectivity index (χ3v) is 2.72. The lowest BCUT2D eigenvalue weighted by atomic mass is 10.2. The van der Waals surface area contributed by atoms with E-state index in [2.05, 4.69) is 10.7 Å². The average Bonchev–Trinajstić information content (AvgIpc) is 2.41. The van der Waals surface area contributed by atoms with Crippen molar-refractivity contribution < 1.29 is 13.9 Å². The van der Waals surface area contributed by atoms with Crippen LogP contribution in [0.1, 0.15) is 18.4 Å². The maximum absolute atomic E-state index is 12.8. The maximum Gasteiger partial charge on any atom is 0.305 e. The molecule has 0 aliphatic rings. The minimum Gasteiger partial charge on any atom is -0.469 e. The molecule has 0 heterocycles. The molecule has 0 N–H and O–H groups in total. The van der Waals surface area contributed by atoms with Gasteiger partial charge in [-0.2, -0.15) is 0 Å². The number of ether oxygens (including phenoxy) is 1. The third-order valence-electron chi connectivity index (χ3n) is 2.72. The number of esters is 1. The first-order valence-electron chi connectivity index (χ1n) is 6.12. The van der Waals surface area contributed by atoms with Crippen LogP contribution < -0.4 is 0 Å². The monoisotopic (exact) mass is 263 g/mol. The van der Waals surface area contributed by atoms with E-state index in [0.717, 1.165) is 5.56 Å². The number of halogens is 1. The number of nitrogens with zero attached hydrogens (tertiary/aromatic N) is 1. The van der Waals surface area contributed by atoms with Crippen molar-refractivity contribution in [1.82, 2.24) is 4.90 Å². The van der Waals surface area contributed by atoms with E-state index in [1.807, 2.05) is 4.90 Å². The number of carbonyl (C=O) groups is 1. The fourth-order valence-corrected chi connectivity index (χ4v) is 1.74. The molecule has 0 saturated heterocycles. The topological polar surface area (TPSA) is 29.5 Å². The highest BCUT2D eigenvalue weighted by Crippen LogP contribution is 2.07. The zero-order chi connectivity index (χ0) is 14.1. The van der Waals surface area contributed by atoms with Gasteiger partial charge in [-0.15, -0.1) is 6.42 Å². The second kappa shape index (κ2) is 8.28. The third kappa shape index (κ3) is 6.03. The van der Waals surface area contributed by atoms with E-state index in [4.69, 9.17) is 6.42 Å². The van der Waals surface area contributed by atoms with E-state index >= 15 is 0 Å². The summed E-state index contributed by atoms with van der Waals surface area (Å²) in [6, 6.07) is 6.33. The highest BCUT2D eigenvalue weighted by Gasteiger charge is 2.07. The predicted molar refractivity (Wildman–Crippen MR) is 71.8 cm³/mol. The van der Waals surface area contributed by atoms with E-state index in [1.54, 1.807) is 12.1 Å². The Bertz CT molecular complexity index is 436. The van der Waals surface area contributed by atoms with Crippen LogP contribution in [0.25, 0.3) is 0 Å². The van der Waals surface area contributed by atoms with Gasteiger partial charge in [-0.05, 0) is 30.7 Å². The Labute approximate surface area is 113 Å². The van der Waals surface area contributed by atoms with Crippen molar-refractivity contribution in [3.8, 4) is 12.3 Å². The van der Waals surface area contributed by atoms with Gasteiger partial charge in [0.2, 0.25) is 0 Å². The fourth-order valence-electron chi connectivity index (χ4n) is 1.74. The van der Waals surface area contributed by atoms with Gasteiger partial charge < -0.3 is 4.74 Å². The van der Waals surface area contributed by atoms with Crippen LogP contribution in [-0.2, 0) is 16.1 Å². The van der Waals surface area contributed by atoms with Gasteiger partial charge in [0, 0.05) is 13.0 Å². The van der Waals surface area contributed by atoms with Gasteiger partial charge in [0.1, 0.15) is 5.82 Å². The highest BCUT2D eigenvalue weighted by molar-refractivity contribution is 5.69. The molecule has 19 heavy (non-hydrogen) atoms. The molecular formula is C15H18FNO2. The van der Waals surface area contributed by atoms with Crippen LogP contribution in [0.5, 0.6) is 0 Å². The first kappa shape index (κ1) is 15.2. The normalized spacial score (nSPS) is 10.2. The summed E-state index contributed by atoms with van der Waals surface area (Å²) in [7, 11) is 1.38. The summed E-state index contributed by atoms with van der Waals surface area (Å²) >= 11 is 0. The van der Waals surface area contributed by atoms with Gasteiger partial charge >= 0.3 is 5.97 Å². The van der Waals surface area contributed by atoms with Crippen LogP contribution in [0.15, 0.2) is 24.3 Å². The second-order valence-electron chi connectivity index (χ2n) is 4.22. The lowest BCUT2D eigenvalue weighted by Gasteiger charge is -2.19. The van der Waals surface area contributed by atoms with Crippen LogP contribution in [0.3, 0.4) is 0 Å². The summed E-state index contributed by atoms with van der Waals surface area (Å²) < 4.78 is 17.4. The fraction of sp³-hybridized carbons (Fsp3) is 0.400. The second-order valence-corrected chi connectivity index (χ2v) is 4.22. The molecule has 102 valence electrons. The van der Waals surface area contributed by atoms with Crippen molar-refractivity contribution in [2.45, 2.75) is 19.4 Å². The predicted octanol–water partition coefficient (Wildman–Crippen LogP) is 2.21. The van der Waals surface area contributed by atoms with Crippen LogP contribution >= 0.6 is 0 Å². The van der Waals surface area contributed by atoms with Crippen molar-refractivity contribution >= 4 is 5.97 Å². The van der Waals surface area contributed by atoms with E-state index in [0.29, 0.717) is 32.5 Å². The number of methoxy groups -OCH3 is 1. The van der Waals surface area contributed by atoms with Crippen LogP contribution in [0.2, 0.25) is 0 Å². The molecule has 3 nitrogen and oxygen atoms in total. The molecule has 0 fully saturated rings. The number of benzene rings is 1. The Morgan fingerprint density at radius 1 is 1.42 bits per heavy atom. The summed E-state index contributed by atoms with van der Waals surface area (Å²) in [5.74, 6) is 2.12. The number of terminal acetylenes is 1. The molecule has 0 bridgehead atoms. The highest BCUT2D eigenvalue weighted by atomic mass is 19.1. The molecule has 0 aliphatic heterocycles. The quantitative estimate of drug-likeness (QED) is 0.558. The molecule has 4 heteroatoms. The Kier molecular flexibility index (Phi) is 6.62. The van der Waals surface area contributed by atoms with Crippen LogP contribution in [-0.4, -0.2) is 31.1 Å². The van der Waals surface area contributed by atoms with Crippen LogP contribution in [0, 0.1) is 18.2 Å². The van der Waals surface area contributed by atoms with Crippen molar-refractivity contribution in [3.05, 3.63) is 35.6 Å². The Morgan fingerprint density at radius 2 is 2.11 bits per heavy atom. The van der Waals surface area contributed by atoms with Crippen molar-refractivity contribution in [2.75, 3.05) is 20.2 Å². The van der Waals surface area contributed by atoms with Crippen molar-refractivity contribution in [1.29, 1.82) is 0 Å². The van der Waals surface area contributed by atoms with Crippen molar-refractivity contribution in [2.24, 2.45) is 0 Å². The Balaban J connectivity index is 2.46. The molecular weight excluding hydrogens is 245 g/mol. The summed E-state index contributed by atoms with van der Waals surface area (Å²) in [6.07, 6.45) is 6.39. The molecule has 0 aromatic heterocycles. The maximum atomic E-state index is 12.8. The van der Waals surface area contributed by atoms with E-state index < -0.39 is 0 Å². The van der Waals surface area contributed by atoms with E-state index in [9.17, 15) is 9.18 Å². The molecule has 0 amide bonds. The van der Waals surface area contributed by atoms with Gasteiger partial charge in [-0.1, -0.05) is 18.1 Å². The van der Waals surface area contributed by atoms with E-state index in [1.165, 1.54) is 19.2 Å². The lowest BCUT2D eigenvalue weighted by Crippen LogP contribution is -2.25. The van der Waals surface area contributed by atoms with E-state index in [-0.39, 0.29) is 11.8 Å². The largest absolute Gasteiger partial charge is 0.469 e. The van der Waals surface area contributed by atoms with Crippen molar-refractivity contribution in [3.63, 3.8) is 0 Å². The number of carbonyl (C=O) groups excluding carboxylic acids is 1. The number of hydrogen-bond acceptors (Lipinski definition) is 3. The number of hydrogen-bond donors (Lipinski definition) is 0. The summed E-state index contributed by atoms with van der Waals surface area (Å²) in [6.45, 7) is 1.85. The molecule has 0 unspecified atom stereocenters. The molecule has 0 spiro atoms. The zero-order valence-electron chi connectivity index (χ0n) is 11.1. The number of rotatable bonds is 7. The Morgan fingerprint density at radius 3 is 2.68 bits per heavy atom. The summed E-state index contributed by atoms with van der Waals surface area (Å²) in [5.41, 5.74) is 0.995. The van der Waals surface area contributed by atoms with Gasteiger partial charge in [-0.3, -0.25) is 9.69 Å². The molecule has 0 aliphatic carbocycles. The minimum atomic E-state index is -0.252. The molecule has 0 atom stereocenters. The zero-order valence-corrected chi connectivity index (χ0v) is 11.1. The van der Waals surface area contributed by atoms with Gasteiger partial charge in [0.25, 0.3) is 0 Å². The minimum absolute atomic E-state index is 0.220. The molecule has 0 radical (unpaired) electrons. The standard InChI is InChI=1S/C15H18FNO2/c1-3-10-17(11-4-5-15(18)19-2)12-13-6-8-14(16)9-7-13/h1,6-9H,4-5,10-12H2,2H3. The first-order valence-corrected chi connectivity index (χ1v) is 6.12. The summed E-state index contributed by atoms with van der Waals surface area (Å²) in [4.78, 5) is 13.1. The molecule has 0 saturated carbocycles. The Hall–Kier alpha value is -1.86. The summed E-state index contributed by atoms with van der Waals surface area (Å²) in [5, 5.41) is 0. The lowest BCUT2D eigenvalue weighted by molar-refractivity contribution is -0.140. The van der Waals surface area contributed by atoms with Crippen LogP contribution in [0.4, 0.5) is 4.39 Å². The average molecular weight is 263 g/mol. The smallest absolute Gasteiger partial charge is 0.305 e.